The zero-order valence-corrected chi connectivity index (χ0v) is 12.5. The molecule has 2 unspecified atom stereocenters. The number of nitrogens with two attached hydrogens (primary N) is 1. The van der Waals surface area contributed by atoms with E-state index >= 15 is 0 Å². The minimum atomic E-state index is -4.39. The van der Waals surface area contributed by atoms with Crippen LogP contribution in [0.3, 0.4) is 0 Å². The molecule has 0 amide bonds. The fourth-order valence-corrected chi connectivity index (χ4v) is 3.39. The van der Waals surface area contributed by atoms with E-state index in [1.165, 1.54) is 18.9 Å². The standard InChI is InChI=1S/C8H21N3O6S2/c1-3-8(19(15,16)17)11(5-4-9)6-7(10-2)18(12,13)14/h7-8,10H,3-6,9H2,1-2H3,(H,12,13,14)(H,15,16,17). The van der Waals surface area contributed by atoms with Gasteiger partial charge in [-0.15, -0.1) is 0 Å². The summed E-state index contributed by atoms with van der Waals surface area (Å²) in [6.07, 6.45) is 0.0563. The van der Waals surface area contributed by atoms with Crippen LogP contribution in [0, 0.1) is 0 Å². The van der Waals surface area contributed by atoms with Gasteiger partial charge >= 0.3 is 0 Å². The fourth-order valence-electron chi connectivity index (χ4n) is 1.72. The fraction of sp³-hybridized carbons (Fsp3) is 1.00. The molecule has 0 aliphatic rings. The Morgan fingerprint density at radius 2 is 1.74 bits per heavy atom. The Bertz CT molecular complexity index is 463. The van der Waals surface area contributed by atoms with Gasteiger partial charge in [-0.3, -0.25) is 14.0 Å². The van der Waals surface area contributed by atoms with Gasteiger partial charge in [0, 0.05) is 19.6 Å². The van der Waals surface area contributed by atoms with Crippen LogP contribution in [0.25, 0.3) is 0 Å². The Kier molecular flexibility index (Phi) is 7.36. The lowest BCUT2D eigenvalue weighted by molar-refractivity contribution is 0.228. The van der Waals surface area contributed by atoms with E-state index in [-0.39, 0.29) is 26.1 Å². The molecule has 116 valence electrons. The molecule has 0 aliphatic carbocycles. The van der Waals surface area contributed by atoms with Crippen molar-refractivity contribution in [3.63, 3.8) is 0 Å². The van der Waals surface area contributed by atoms with Gasteiger partial charge in [0.1, 0.15) is 10.7 Å². The average molecular weight is 319 g/mol. The van der Waals surface area contributed by atoms with Gasteiger partial charge in [0.2, 0.25) is 0 Å². The van der Waals surface area contributed by atoms with E-state index < -0.39 is 31.0 Å². The van der Waals surface area contributed by atoms with E-state index in [2.05, 4.69) is 5.32 Å². The second-order valence-corrected chi connectivity index (χ2v) is 7.13. The Balaban J connectivity index is 5.21. The van der Waals surface area contributed by atoms with Gasteiger partial charge in [0.05, 0.1) is 0 Å². The second kappa shape index (κ2) is 7.47. The number of likely N-dealkylation sites (N-methyl/N-ethyl adjacent to an activating group) is 1. The molecule has 19 heavy (non-hydrogen) atoms. The van der Waals surface area contributed by atoms with Gasteiger partial charge in [-0.1, -0.05) is 6.92 Å². The smallest absolute Gasteiger partial charge is 0.282 e. The quantitative estimate of drug-likeness (QED) is 0.365. The molecule has 0 saturated carbocycles. The lowest BCUT2D eigenvalue weighted by Gasteiger charge is -2.30. The maximum absolute atomic E-state index is 11.2. The molecular weight excluding hydrogens is 298 g/mol. The van der Waals surface area contributed by atoms with E-state index in [0.29, 0.717) is 0 Å². The zero-order valence-electron chi connectivity index (χ0n) is 10.9. The molecule has 0 aromatic carbocycles. The molecular formula is C8H21N3O6S2. The Labute approximate surface area is 113 Å². The summed E-state index contributed by atoms with van der Waals surface area (Å²) in [5.74, 6) is 0. The highest BCUT2D eigenvalue weighted by Gasteiger charge is 2.32. The van der Waals surface area contributed by atoms with Crippen molar-refractivity contribution in [1.82, 2.24) is 10.2 Å². The third-order valence-electron chi connectivity index (χ3n) is 2.60. The van der Waals surface area contributed by atoms with Crippen LogP contribution < -0.4 is 11.1 Å². The topological polar surface area (TPSA) is 150 Å². The predicted molar refractivity (Wildman–Crippen MR) is 70.7 cm³/mol. The van der Waals surface area contributed by atoms with Crippen molar-refractivity contribution in [2.24, 2.45) is 5.73 Å². The molecule has 5 N–H and O–H groups in total. The molecule has 0 heterocycles. The summed E-state index contributed by atoms with van der Waals surface area (Å²) in [5.41, 5.74) is 5.34. The van der Waals surface area contributed by atoms with Crippen molar-refractivity contribution in [3.8, 4) is 0 Å². The molecule has 0 bridgehead atoms. The summed E-state index contributed by atoms with van der Waals surface area (Å²) in [5, 5.41) is -0.271. The van der Waals surface area contributed by atoms with Gasteiger partial charge in [-0.05, 0) is 13.5 Å². The van der Waals surface area contributed by atoms with Gasteiger partial charge < -0.3 is 11.1 Å². The van der Waals surface area contributed by atoms with Crippen LogP contribution in [-0.2, 0) is 20.2 Å². The molecule has 0 aromatic rings. The first kappa shape index (κ1) is 18.7. The van der Waals surface area contributed by atoms with Crippen molar-refractivity contribution in [2.45, 2.75) is 24.1 Å². The summed E-state index contributed by atoms with van der Waals surface area (Å²) >= 11 is 0. The molecule has 0 rings (SSSR count). The molecule has 0 fully saturated rings. The number of hydrogen-bond acceptors (Lipinski definition) is 7. The molecule has 2 atom stereocenters. The van der Waals surface area contributed by atoms with E-state index in [0.717, 1.165) is 0 Å². The van der Waals surface area contributed by atoms with Crippen molar-refractivity contribution in [3.05, 3.63) is 0 Å². The highest BCUT2D eigenvalue weighted by Crippen LogP contribution is 2.12. The zero-order chi connectivity index (χ0) is 15.3. The first-order chi connectivity index (χ1) is 8.57. The van der Waals surface area contributed by atoms with Crippen LogP contribution in [0.2, 0.25) is 0 Å². The largest absolute Gasteiger partial charge is 0.329 e. The molecule has 0 radical (unpaired) electrons. The Hall–Kier alpha value is -0.300. The van der Waals surface area contributed by atoms with Crippen LogP contribution in [0.5, 0.6) is 0 Å². The number of nitrogens with zero attached hydrogens (tertiary/aromatic N) is 1. The van der Waals surface area contributed by atoms with Crippen LogP contribution in [-0.4, -0.2) is 68.3 Å². The van der Waals surface area contributed by atoms with Crippen molar-refractivity contribution >= 4 is 20.2 Å². The monoisotopic (exact) mass is 319 g/mol. The van der Waals surface area contributed by atoms with Gasteiger partial charge in [0.15, 0.2) is 0 Å². The highest BCUT2D eigenvalue weighted by molar-refractivity contribution is 7.86. The lowest BCUT2D eigenvalue weighted by Crippen LogP contribution is -2.51. The molecule has 0 aliphatic heterocycles. The van der Waals surface area contributed by atoms with Crippen molar-refractivity contribution in [2.75, 3.05) is 26.7 Å². The highest BCUT2D eigenvalue weighted by atomic mass is 32.2. The second-order valence-electron chi connectivity index (χ2n) is 3.95. The molecule has 9 nitrogen and oxygen atoms in total. The SMILES string of the molecule is CCC(N(CCN)CC(NC)S(=O)(=O)O)S(=O)(=O)O. The first-order valence-corrected chi connectivity index (χ1v) is 8.62. The average Bonchev–Trinajstić information content (AvgIpc) is 2.22. The minimum absolute atomic E-state index is 0.0563. The Morgan fingerprint density at radius 1 is 1.21 bits per heavy atom. The van der Waals surface area contributed by atoms with Gasteiger partial charge in [0.25, 0.3) is 20.2 Å². The number of nitrogens with one attached hydrogen (secondary N) is 1. The molecule has 0 aromatic heterocycles. The van der Waals surface area contributed by atoms with Gasteiger partial charge in [-0.2, -0.15) is 16.8 Å². The van der Waals surface area contributed by atoms with Crippen LogP contribution in [0.15, 0.2) is 0 Å². The van der Waals surface area contributed by atoms with Gasteiger partial charge in [-0.25, -0.2) is 0 Å². The third kappa shape index (κ3) is 6.12. The lowest BCUT2D eigenvalue weighted by atomic mass is 10.3. The normalized spacial score (nSPS) is 16.5. The van der Waals surface area contributed by atoms with E-state index in [4.69, 9.17) is 14.8 Å². The summed E-state index contributed by atoms with van der Waals surface area (Å²) in [6.45, 7) is 1.36. The summed E-state index contributed by atoms with van der Waals surface area (Å²) in [6, 6.07) is 0. The van der Waals surface area contributed by atoms with Crippen LogP contribution in [0.1, 0.15) is 13.3 Å². The number of rotatable bonds is 9. The summed E-state index contributed by atoms with van der Waals surface area (Å²) in [4.78, 5) is 1.20. The molecule has 0 spiro atoms. The number of hydrogen-bond donors (Lipinski definition) is 4. The third-order valence-corrected chi connectivity index (χ3v) is 5.02. The summed E-state index contributed by atoms with van der Waals surface area (Å²) in [7, 11) is -7.44. The first-order valence-electron chi connectivity index (χ1n) is 5.61. The Morgan fingerprint density at radius 3 is 2.00 bits per heavy atom. The van der Waals surface area contributed by atoms with Crippen LogP contribution >= 0.6 is 0 Å². The van der Waals surface area contributed by atoms with E-state index in [1.807, 2.05) is 0 Å². The maximum atomic E-state index is 11.2. The van der Waals surface area contributed by atoms with Crippen molar-refractivity contribution in [1.29, 1.82) is 0 Å². The molecule has 11 heteroatoms. The van der Waals surface area contributed by atoms with E-state index in [1.54, 1.807) is 0 Å². The van der Waals surface area contributed by atoms with Crippen LogP contribution in [0.4, 0.5) is 0 Å². The maximum Gasteiger partial charge on any atom is 0.282 e. The predicted octanol–water partition coefficient (Wildman–Crippen LogP) is -1.70. The minimum Gasteiger partial charge on any atom is -0.329 e. The molecule has 0 saturated heterocycles. The summed E-state index contributed by atoms with van der Waals surface area (Å²) < 4.78 is 62.8. The van der Waals surface area contributed by atoms with Crippen molar-refractivity contribution < 1.29 is 25.9 Å². The van der Waals surface area contributed by atoms with E-state index in [9.17, 15) is 16.8 Å².